The van der Waals surface area contributed by atoms with E-state index in [1.54, 1.807) is 4.90 Å². The zero-order valence-corrected chi connectivity index (χ0v) is 12.0. The second-order valence-electron chi connectivity index (χ2n) is 4.71. The van der Waals surface area contributed by atoms with Crippen molar-refractivity contribution >= 4 is 18.3 Å². The fourth-order valence-electron chi connectivity index (χ4n) is 1.62. The lowest BCUT2D eigenvalue weighted by Crippen LogP contribution is -2.40. The van der Waals surface area contributed by atoms with Gasteiger partial charge in [-0.05, 0) is 18.8 Å². The van der Waals surface area contributed by atoms with Crippen molar-refractivity contribution in [2.24, 2.45) is 17.6 Å². The number of hydrogen-bond donors (Lipinski definition) is 1. The van der Waals surface area contributed by atoms with E-state index in [0.717, 1.165) is 6.42 Å². The van der Waals surface area contributed by atoms with Crippen molar-refractivity contribution in [3.8, 4) is 0 Å². The molecule has 0 aliphatic heterocycles. The van der Waals surface area contributed by atoms with E-state index < -0.39 is 0 Å². The smallest absolute Gasteiger partial charge is 0.222 e. The number of rotatable bonds is 6. The number of hydrogen-bond acceptors (Lipinski definition) is 2. The first-order valence-corrected chi connectivity index (χ1v) is 5.89. The fraction of sp³-hybridized carbons (Fsp3) is 0.917. The number of nitrogens with zero attached hydrogens (tertiary/aromatic N) is 1. The summed E-state index contributed by atoms with van der Waals surface area (Å²) < 4.78 is 0. The highest BCUT2D eigenvalue weighted by atomic mass is 35.5. The monoisotopic (exact) mass is 250 g/mol. The molecule has 4 heteroatoms. The Bertz CT molecular complexity index is 197. The average Bonchev–Trinajstić information content (AvgIpc) is 2.22. The molecule has 0 saturated carbocycles. The first-order chi connectivity index (χ1) is 6.93. The van der Waals surface area contributed by atoms with Crippen LogP contribution in [0.2, 0.25) is 0 Å². The van der Waals surface area contributed by atoms with Gasteiger partial charge in [-0.25, -0.2) is 0 Å². The molecule has 0 aromatic heterocycles. The van der Waals surface area contributed by atoms with Crippen LogP contribution in [-0.4, -0.2) is 30.4 Å². The summed E-state index contributed by atoms with van der Waals surface area (Å²) in [6.45, 7) is 9.00. The van der Waals surface area contributed by atoms with Crippen LogP contribution in [0.25, 0.3) is 0 Å². The Labute approximate surface area is 106 Å². The van der Waals surface area contributed by atoms with Gasteiger partial charge in [0.15, 0.2) is 0 Å². The number of halogens is 1. The van der Waals surface area contributed by atoms with Crippen molar-refractivity contribution in [3.05, 3.63) is 0 Å². The van der Waals surface area contributed by atoms with Gasteiger partial charge in [0.05, 0.1) is 0 Å². The highest BCUT2D eigenvalue weighted by Gasteiger charge is 2.20. The van der Waals surface area contributed by atoms with Gasteiger partial charge >= 0.3 is 0 Å². The molecular formula is C12H27ClN2O. The summed E-state index contributed by atoms with van der Waals surface area (Å²) in [5.41, 5.74) is 5.54. The van der Waals surface area contributed by atoms with Gasteiger partial charge in [-0.1, -0.05) is 27.2 Å². The van der Waals surface area contributed by atoms with Crippen molar-refractivity contribution < 1.29 is 4.79 Å². The largest absolute Gasteiger partial charge is 0.342 e. The van der Waals surface area contributed by atoms with E-state index in [2.05, 4.69) is 20.8 Å². The van der Waals surface area contributed by atoms with Crippen LogP contribution in [0.15, 0.2) is 0 Å². The maximum Gasteiger partial charge on any atom is 0.222 e. The average molecular weight is 251 g/mol. The molecule has 0 saturated heterocycles. The second-order valence-corrected chi connectivity index (χ2v) is 4.71. The van der Waals surface area contributed by atoms with E-state index in [1.165, 1.54) is 0 Å². The quantitative estimate of drug-likeness (QED) is 0.786. The van der Waals surface area contributed by atoms with Crippen LogP contribution in [0.5, 0.6) is 0 Å². The van der Waals surface area contributed by atoms with Gasteiger partial charge in [-0.2, -0.15) is 0 Å². The third kappa shape index (κ3) is 5.71. The van der Waals surface area contributed by atoms with E-state index in [4.69, 9.17) is 5.73 Å². The summed E-state index contributed by atoms with van der Waals surface area (Å²) in [5, 5.41) is 0. The third-order valence-electron chi connectivity index (χ3n) is 3.30. The number of carbonyl (C=O) groups is 1. The molecule has 0 fully saturated rings. The van der Waals surface area contributed by atoms with Gasteiger partial charge < -0.3 is 10.6 Å². The molecule has 0 aromatic rings. The SMILES string of the molecule is CCC(CC(=O)N(C)C(C)CN)C(C)C.Cl. The Hall–Kier alpha value is -0.280. The first-order valence-electron chi connectivity index (χ1n) is 5.89. The van der Waals surface area contributed by atoms with Gasteiger partial charge in [0.2, 0.25) is 5.91 Å². The van der Waals surface area contributed by atoms with Crippen LogP contribution in [0.1, 0.15) is 40.5 Å². The molecule has 2 unspecified atom stereocenters. The summed E-state index contributed by atoms with van der Waals surface area (Å²) in [4.78, 5) is 13.7. The lowest BCUT2D eigenvalue weighted by molar-refractivity contribution is -0.132. The van der Waals surface area contributed by atoms with Gasteiger partial charge in [-0.15, -0.1) is 12.4 Å². The van der Waals surface area contributed by atoms with Crippen molar-refractivity contribution in [2.75, 3.05) is 13.6 Å². The molecule has 16 heavy (non-hydrogen) atoms. The molecule has 2 atom stereocenters. The highest BCUT2D eigenvalue weighted by molar-refractivity contribution is 5.85. The molecule has 0 bridgehead atoms. The van der Waals surface area contributed by atoms with E-state index in [1.807, 2.05) is 14.0 Å². The van der Waals surface area contributed by atoms with Crippen LogP contribution in [0, 0.1) is 11.8 Å². The Morgan fingerprint density at radius 2 is 1.81 bits per heavy atom. The van der Waals surface area contributed by atoms with E-state index >= 15 is 0 Å². The number of amides is 1. The Kier molecular flexibility index (Phi) is 9.98. The maximum atomic E-state index is 11.9. The van der Waals surface area contributed by atoms with Gasteiger partial charge in [-0.3, -0.25) is 4.79 Å². The number of carbonyl (C=O) groups excluding carboxylic acids is 1. The minimum Gasteiger partial charge on any atom is -0.342 e. The minimum absolute atomic E-state index is 0. The standard InChI is InChI=1S/C12H26N2O.ClH/c1-6-11(9(2)3)7-12(15)14(5)10(4)8-13;/h9-11H,6-8,13H2,1-5H3;1H. The van der Waals surface area contributed by atoms with Gasteiger partial charge in [0.1, 0.15) is 0 Å². The van der Waals surface area contributed by atoms with Crippen molar-refractivity contribution in [1.29, 1.82) is 0 Å². The van der Waals surface area contributed by atoms with E-state index in [0.29, 0.717) is 24.8 Å². The number of likely N-dealkylation sites (N-methyl/N-ethyl adjacent to an activating group) is 1. The van der Waals surface area contributed by atoms with Crippen molar-refractivity contribution in [2.45, 2.75) is 46.6 Å². The molecule has 0 spiro atoms. The summed E-state index contributed by atoms with van der Waals surface area (Å²) in [7, 11) is 1.84. The Balaban J connectivity index is 0. The van der Waals surface area contributed by atoms with Crippen molar-refractivity contribution in [3.63, 3.8) is 0 Å². The summed E-state index contributed by atoms with van der Waals surface area (Å²) >= 11 is 0. The van der Waals surface area contributed by atoms with Crippen LogP contribution in [-0.2, 0) is 4.79 Å². The summed E-state index contributed by atoms with van der Waals surface area (Å²) in [5.74, 6) is 1.28. The molecule has 0 aliphatic rings. The minimum atomic E-state index is 0. The number of nitrogens with two attached hydrogens (primary N) is 1. The summed E-state index contributed by atoms with van der Waals surface area (Å²) in [6.07, 6.45) is 1.71. The lowest BCUT2D eigenvalue weighted by atomic mass is 9.89. The maximum absolute atomic E-state index is 11.9. The third-order valence-corrected chi connectivity index (χ3v) is 3.30. The van der Waals surface area contributed by atoms with E-state index in [-0.39, 0.29) is 24.4 Å². The van der Waals surface area contributed by atoms with Crippen LogP contribution in [0.3, 0.4) is 0 Å². The molecular weight excluding hydrogens is 224 g/mol. The lowest BCUT2D eigenvalue weighted by Gasteiger charge is -2.27. The Morgan fingerprint density at radius 3 is 2.12 bits per heavy atom. The zero-order valence-electron chi connectivity index (χ0n) is 11.2. The van der Waals surface area contributed by atoms with Crippen molar-refractivity contribution in [1.82, 2.24) is 4.90 Å². The molecule has 0 radical (unpaired) electrons. The second kappa shape index (κ2) is 8.82. The predicted octanol–water partition coefficient (Wildman–Crippen LogP) is 2.29. The molecule has 98 valence electrons. The van der Waals surface area contributed by atoms with Gasteiger partial charge in [0, 0.05) is 26.1 Å². The topological polar surface area (TPSA) is 46.3 Å². The van der Waals surface area contributed by atoms with E-state index in [9.17, 15) is 4.79 Å². The first kappa shape index (κ1) is 18.1. The highest BCUT2D eigenvalue weighted by Crippen LogP contribution is 2.20. The Morgan fingerprint density at radius 1 is 1.31 bits per heavy atom. The normalized spacial score (nSPS) is 14.2. The van der Waals surface area contributed by atoms with Crippen LogP contribution >= 0.6 is 12.4 Å². The predicted molar refractivity (Wildman–Crippen MR) is 71.8 cm³/mol. The molecule has 0 rings (SSSR count). The molecule has 3 nitrogen and oxygen atoms in total. The molecule has 1 amide bonds. The molecule has 0 aromatic carbocycles. The molecule has 2 N–H and O–H groups in total. The summed E-state index contributed by atoms with van der Waals surface area (Å²) in [6, 6.07) is 0.141. The molecule has 0 aliphatic carbocycles. The van der Waals surface area contributed by atoms with Crippen LogP contribution < -0.4 is 5.73 Å². The van der Waals surface area contributed by atoms with Gasteiger partial charge in [0.25, 0.3) is 0 Å². The van der Waals surface area contributed by atoms with Crippen LogP contribution in [0.4, 0.5) is 0 Å². The molecule has 0 heterocycles. The fourth-order valence-corrected chi connectivity index (χ4v) is 1.62. The zero-order chi connectivity index (χ0) is 12.0.